The van der Waals surface area contributed by atoms with Crippen LogP contribution in [0.1, 0.15) is 47.4 Å². The van der Waals surface area contributed by atoms with Crippen molar-refractivity contribution < 1.29 is 9.13 Å². The van der Waals surface area contributed by atoms with Crippen molar-refractivity contribution in [1.29, 1.82) is 0 Å². The van der Waals surface area contributed by atoms with Crippen LogP contribution in [0.25, 0.3) is 5.76 Å². The normalized spacial score (nSPS) is 20.1. The molecule has 174 valence electrons. The second-order valence-corrected chi connectivity index (χ2v) is 9.53. The van der Waals surface area contributed by atoms with Gasteiger partial charge in [-0.15, -0.1) is 0 Å². The van der Waals surface area contributed by atoms with Gasteiger partial charge in [0.2, 0.25) is 0 Å². The first-order valence-corrected chi connectivity index (χ1v) is 12.4. The number of allylic oxidation sites excluding steroid dienone is 2. The monoisotopic (exact) mass is 473 g/mol. The van der Waals surface area contributed by atoms with Gasteiger partial charge in [-0.3, -0.25) is 4.90 Å². The van der Waals surface area contributed by atoms with E-state index in [1.54, 1.807) is 0 Å². The van der Waals surface area contributed by atoms with Gasteiger partial charge in [-0.25, -0.2) is 4.39 Å². The molecule has 5 rings (SSSR count). The molecule has 0 aliphatic carbocycles. The first-order valence-electron chi connectivity index (χ1n) is 12.0. The highest BCUT2D eigenvalue weighted by Crippen LogP contribution is 2.47. The fraction of sp³-hybridized carbons (Fsp3) is 0.267. The molecule has 3 aromatic rings. The van der Waals surface area contributed by atoms with Crippen LogP contribution in [-0.4, -0.2) is 24.5 Å². The number of likely N-dealkylation sites (tertiary alicyclic amines) is 1. The van der Waals surface area contributed by atoms with E-state index in [1.165, 1.54) is 37.0 Å². The van der Waals surface area contributed by atoms with Crippen molar-refractivity contribution in [2.75, 3.05) is 19.6 Å². The summed E-state index contributed by atoms with van der Waals surface area (Å²) in [6.45, 7) is 5.10. The van der Waals surface area contributed by atoms with E-state index in [1.807, 2.05) is 30.3 Å². The molecule has 1 fully saturated rings. The van der Waals surface area contributed by atoms with Gasteiger partial charge in [-0.05, 0) is 62.2 Å². The number of ether oxygens (including phenoxy) is 1. The summed E-state index contributed by atoms with van der Waals surface area (Å²) in [4.78, 5) is 2.48. The minimum absolute atomic E-state index is 0.156. The molecule has 2 aliphatic rings. The summed E-state index contributed by atoms with van der Waals surface area (Å²) in [6, 6.07) is 23.1. The van der Waals surface area contributed by atoms with Crippen molar-refractivity contribution in [3.05, 3.63) is 118 Å². The van der Waals surface area contributed by atoms with Gasteiger partial charge in [0, 0.05) is 23.6 Å². The summed E-state index contributed by atoms with van der Waals surface area (Å²) in [5.74, 6) is 1.02. The molecular formula is C30H29ClFNO. The lowest BCUT2D eigenvalue weighted by Gasteiger charge is -2.26. The number of hydrogen-bond acceptors (Lipinski definition) is 2. The van der Waals surface area contributed by atoms with Gasteiger partial charge in [-0.2, -0.15) is 0 Å². The Bertz CT molecular complexity index is 1210. The second-order valence-electron chi connectivity index (χ2n) is 9.15. The molecular weight excluding hydrogens is 445 g/mol. The number of nitrogens with zero attached hydrogens (tertiary/aromatic N) is 1. The Hall–Kier alpha value is -2.88. The third-order valence-electron chi connectivity index (χ3n) is 6.74. The molecule has 34 heavy (non-hydrogen) atoms. The minimum Gasteiger partial charge on any atom is -0.455 e. The van der Waals surface area contributed by atoms with Gasteiger partial charge < -0.3 is 4.74 Å². The van der Waals surface area contributed by atoms with Crippen LogP contribution in [0.4, 0.5) is 4.39 Å². The van der Waals surface area contributed by atoms with Gasteiger partial charge in [0.15, 0.2) is 5.76 Å². The van der Waals surface area contributed by atoms with Crippen LogP contribution < -0.4 is 4.74 Å². The summed E-state index contributed by atoms with van der Waals surface area (Å²) in [5.41, 5.74) is 5.14. The lowest BCUT2D eigenvalue weighted by Crippen LogP contribution is -2.30. The van der Waals surface area contributed by atoms with E-state index in [0.29, 0.717) is 10.8 Å². The molecule has 0 unspecified atom stereocenters. The molecule has 0 aromatic heterocycles. The number of benzene rings is 3. The van der Waals surface area contributed by atoms with Gasteiger partial charge in [0.25, 0.3) is 0 Å². The third kappa shape index (κ3) is 4.82. The molecule has 0 spiro atoms. The highest BCUT2D eigenvalue weighted by atomic mass is 35.5. The first kappa shape index (κ1) is 22.9. The predicted molar refractivity (Wildman–Crippen MR) is 138 cm³/mol. The van der Waals surface area contributed by atoms with E-state index in [9.17, 15) is 4.39 Å². The Morgan fingerprint density at radius 1 is 0.941 bits per heavy atom. The molecule has 4 heteroatoms. The van der Waals surface area contributed by atoms with Gasteiger partial charge in [0.1, 0.15) is 11.6 Å². The summed E-state index contributed by atoms with van der Waals surface area (Å²) in [6.07, 6.45) is 6.01. The van der Waals surface area contributed by atoms with Crippen LogP contribution in [0.3, 0.4) is 0 Å². The predicted octanol–water partition coefficient (Wildman–Crippen LogP) is 7.68. The maximum atomic E-state index is 13.8. The van der Waals surface area contributed by atoms with E-state index in [-0.39, 0.29) is 11.7 Å². The van der Waals surface area contributed by atoms with Crippen LogP contribution in [0.2, 0.25) is 0 Å². The van der Waals surface area contributed by atoms with Crippen molar-refractivity contribution in [2.45, 2.75) is 32.1 Å². The highest BCUT2D eigenvalue weighted by molar-refractivity contribution is 6.35. The SMILES string of the molecule is Cc1ccc(C2=C(Cl)/C(=C\CN3CCCCC3)[C@@H](c3ccc(F)cc3)c3ccccc3O2)cc1. The maximum absolute atomic E-state index is 13.8. The highest BCUT2D eigenvalue weighted by Gasteiger charge is 2.31. The van der Waals surface area contributed by atoms with Crippen molar-refractivity contribution in [1.82, 2.24) is 4.90 Å². The quantitative estimate of drug-likeness (QED) is 0.385. The summed E-state index contributed by atoms with van der Waals surface area (Å²) in [5, 5.41) is 0.603. The first-order chi connectivity index (χ1) is 16.6. The van der Waals surface area contributed by atoms with Crippen LogP contribution in [0.15, 0.2) is 89.5 Å². The number of rotatable bonds is 4. The summed E-state index contributed by atoms with van der Waals surface area (Å²) < 4.78 is 20.3. The van der Waals surface area contributed by atoms with E-state index in [2.05, 4.69) is 48.2 Å². The Labute approximate surface area is 206 Å². The van der Waals surface area contributed by atoms with Crippen LogP contribution >= 0.6 is 11.6 Å². The van der Waals surface area contributed by atoms with Crippen molar-refractivity contribution in [3.8, 4) is 5.75 Å². The average molecular weight is 474 g/mol. The fourth-order valence-corrected chi connectivity index (χ4v) is 5.21. The third-order valence-corrected chi connectivity index (χ3v) is 7.13. The molecule has 2 nitrogen and oxygen atoms in total. The van der Waals surface area contributed by atoms with Gasteiger partial charge in [0.05, 0.1) is 5.03 Å². The van der Waals surface area contributed by atoms with Crippen molar-refractivity contribution >= 4 is 17.4 Å². The molecule has 1 atom stereocenters. The average Bonchev–Trinajstić information content (AvgIpc) is 2.99. The summed E-state index contributed by atoms with van der Waals surface area (Å²) >= 11 is 7.20. The summed E-state index contributed by atoms with van der Waals surface area (Å²) in [7, 11) is 0. The second kappa shape index (κ2) is 10.2. The largest absolute Gasteiger partial charge is 0.455 e. The Morgan fingerprint density at radius 3 is 2.38 bits per heavy atom. The standard InChI is InChI=1S/C30H29ClFNO/c1-21-9-11-23(12-10-21)30-29(31)26(17-20-33-18-5-2-6-19-33)28(22-13-15-24(32)16-14-22)25-7-3-4-8-27(25)34-30/h3-4,7-17,28H,2,5-6,18-20H2,1H3/b26-17-/t28-/m0/s1. The zero-order valence-corrected chi connectivity index (χ0v) is 20.2. The fourth-order valence-electron chi connectivity index (χ4n) is 4.87. The van der Waals surface area contributed by atoms with Crippen LogP contribution in [-0.2, 0) is 0 Å². The van der Waals surface area contributed by atoms with E-state index in [4.69, 9.17) is 16.3 Å². The molecule has 0 amide bonds. The topological polar surface area (TPSA) is 12.5 Å². The number of halogens is 2. The van der Waals surface area contributed by atoms with Gasteiger partial charge in [-0.1, -0.05) is 84.3 Å². The van der Waals surface area contributed by atoms with Crippen molar-refractivity contribution in [2.24, 2.45) is 0 Å². The molecule has 2 aliphatic heterocycles. The Kier molecular flexibility index (Phi) is 6.85. The smallest absolute Gasteiger partial charge is 0.153 e. The molecule has 2 heterocycles. The van der Waals surface area contributed by atoms with Crippen LogP contribution in [0.5, 0.6) is 5.75 Å². The zero-order valence-electron chi connectivity index (χ0n) is 19.4. The maximum Gasteiger partial charge on any atom is 0.153 e. The lowest BCUT2D eigenvalue weighted by atomic mass is 9.83. The lowest BCUT2D eigenvalue weighted by molar-refractivity contribution is 0.251. The van der Waals surface area contributed by atoms with E-state index in [0.717, 1.165) is 47.6 Å². The van der Waals surface area contributed by atoms with E-state index >= 15 is 0 Å². The number of para-hydroxylation sites is 1. The minimum atomic E-state index is -0.247. The molecule has 1 saturated heterocycles. The number of hydrogen-bond donors (Lipinski definition) is 0. The molecule has 0 radical (unpaired) electrons. The number of piperidine rings is 1. The Morgan fingerprint density at radius 2 is 1.65 bits per heavy atom. The van der Waals surface area contributed by atoms with Gasteiger partial charge >= 0.3 is 0 Å². The molecule has 0 N–H and O–H groups in total. The molecule has 0 bridgehead atoms. The van der Waals surface area contributed by atoms with E-state index < -0.39 is 0 Å². The molecule has 0 saturated carbocycles. The zero-order chi connectivity index (χ0) is 23.5. The number of aryl methyl sites for hydroxylation is 1. The van der Waals surface area contributed by atoms with Crippen molar-refractivity contribution in [3.63, 3.8) is 0 Å². The van der Waals surface area contributed by atoms with Crippen LogP contribution in [0, 0.1) is 12.7 Å². The molecule has 3 aromatic carbocycles. The number of fused-ring (bicyclic) bond motifs is 1. The Balaban J connectivity index is 1.68.